The summed E-state index contributed by atoms with van der Waals surface area (Å²) in [6.45, 7) is 4.89. The van der Waals surface area contributed by atoms with Crippen molar-refractivity contribution in [1.82, 2.24) is 14.7 Å². The van der Waals surface area contributed by atoms with Crippen LogP contribution >= 0.6 is 0 Å². The van der Waals surface area contributed by atoms with E-state index >= 15 is 0 Å². The first-order valence-electron chi connectivity index (χ1n) is 7.52. The Balaban J connectivity index is 1.53. The molecule has 21 heavy (non-hydrogen) atoms. The molecule has 0 unspecified atom stereocenters. The summed E-state index contributed by atoms with van der Waals surface area (Å²) in [5, 5.41) is 0. The zero-order valence-electron chi connectivity index (χ0n) is 12.2. The quantitative estimate of drug-likeness (QED) is 0.753. The molecule has 5 heteroatoms. The van der Waals surface area contributed by atoms with E-state index in [1.165, 1.54) is 11.1 Å². The van der Waals surface area contributed by atoms with Crippen LogP contribution in [0.3, 0.4) is 0 Å². The summed E-state index contributed by atoms with van der Waals surface area (Å²) < 4.78 is 0. The van der Waals surface area contributed by atoms with Crippen molar-refractivity contribution in [3.05, 3.63) is 35.4 Å². The van der Waals surface area contributed by atoms with Crippen LogP contribution < -0.4 is 0 Å². The highest BCUT2D eigenvalue weighted by Gasteiger charge is 2.23. The first-order valence-corrected chi connectivity index (χ1v) is 7.52. The van der Waals surface area contributed by atoms with Crippen molar-refractivity contribution in [3.63, 3.8) is 0 Å². The summed E-state index contributed by atoms with van der Waals surface area (Å²) in [6, 6.07) is 8.46. The maximum atomic E-state index is 12.4. The molecule has 0 N–H and O–H groups in total. The zero-order valence-corrected chi connectivity index (χ0v) is 12.2. The highest BCUT2D eigenvalue weighted by atomic mass is 16.2. The van der Waals surface area contributed by atoms with Crippen LogP contribution in [-0.2, 0) is 22.6 Å². The fourth-order valence-electron chi connectivity index (χ4n) is 3.06. The van der Waals surface area contributed by atoms with Crippen molar-refractivity contribution in [3.8, 4) is 0 Å². The fraction of sp³-hybridized carbons (Fsp3) is 0.500. The number of benzene rings is 1. The van der Waals surface area contributed by atoms with Gasteiger partial charge in [-0.15, -0.1) is 0 Å². The van der Waals surface area contributed by atoms with Gasteiger partial charge >= 0.3 is 0 Å². The van der Waals surface area contributed by atoms with Crippen molar-refractivity contribution < 1.29 is 9.59 Å². The normalized spacial score (nSPS) is 19.2. The minimum Gasteiger partial charge on any atom is -0.342 e. The lowest BCUT2D eigenvalue weighted by Gasteiger charge is -2.35. The Morgan fingerprint density at radius 3 is 2.48 bits per heavy atom. The average molecular weight is 287 g/mol. The van der Waals surface area contributed by atoms with Crippen LogP contribution in [0.5, 0.6) is 0 Å². The Morgan fingerprint density at radius 2 is 1.76 bits per heavy atom. The smallest absolute Gasteiger partial charge is 0.236 e. The first kappa shape index (κ1) is 14.1. The number of rotatable bonds is 3. The maximum absolute atomic E-state index is 12.4. The van der Waals surface area contributed by atoms with Crippen LogP contribution in [-0.4, -0.2) is 66.3 Å². The molecule has 1 aromatic carbocycles. The first-order chi connectivity index (χ1) is 10.3. The van der Waals surface area contributed by atoms with Crippen LogP contribution in [0.1, 0.15) is 11.1 Å². The second kappa shape index (κ2) is 6.26. The Labute approximate surface area is 125 Å². The van der Waals surface area contributed by atoms with Gasteiger partial charge in [-0.3, -0.25) is 14.5 Å². The molecule has 5 nitrogen and oxygen atoms in total. The largest absolute Gasteiger partial charge is 0.342 e. The van der Waals surface area contributed by atoms with Crippen molar-refractivity contribution >= 4 is 12.3 Å². The van der Waals surface area contributed by atoms with E-state index < -0.39 is 0 Å². The van der Waals surface area contributed by atoms with Gasteiger partial charge in [-0.05, 0) is 17.5 Å². The third kappa shape index (κ3) is 3.24. The molecule has 2 aliphatic heterocycles. The van der Waals surface area contributed by atoms with Crippen LogP contribution in [0.4, 0.5) is 0 Å². The Bertz CT molecular complexity index is 524. The molecular formula is C16H21N3O2. The van der Waals surface area contributed by atoms with Gasteiger partial charge in [0.25, 0.3) is 0 Å². The molecule has 2 aliphatic rings. The minimum absolute atomic E-state index is 0.180. The van der Waals surface area contributed by atoms with Crippen molar-refractivity contribution in [2.45, 2.75) is 13.0 Å². The van der Waals surface area contributed by atoms with E-state index in [0.717, 1.165) is 25.9 Å². The maximum Gasteiger partial charge on any atom is 0.236 e. The number of hydrogen-bond donors (Lipinski definition) is 0. The number of piperazine rings is 1. The molecule has 0 spiro atoms. The average Bonchev–Trinajstić information content (AvgIpc) is 2.55. The van der Waals surface area contributed by atoms with Crippen LogP contribution in [0.25, 0.3) is 0 Å². The molecule has 3 rings (SSSR count). The molecular weight excluding hydrogens is 266 g/mol. The van der Waals surface area contributed by atoms with E-state index in [-0.39, 0.29) is 5.91 Å². The lowest BCUT2D eigenvalue weighted by Crippen LogP contribution is -2.51. The van der Waals surface area contributed by atoms with Crippen molar-refractivity contribution in [1.29, 1.82) is 0 Å². The van der Waals surface area contributed by atoms with Gasteiger partial charge in [0.2, 0.25) is 12.3 Å². The van der Waals surface area contributed by atoms with E-state index in [0.29, 0.717) is 32.7 Å². The van der Waals surface area contributed by atoms with Gasteiger partial charge in [-0.1, -0.05) is 24.3 Å². The zero-order chi connectivity index (χ0) is 14.7. The molecule has 0 atom stereocenters. The Morgan fingerprint density at radius 1 is 1.05 bits per heavy atom. The lowest BCUT2D eigenvalue weighted by molar-refractivity contribution is -0.136. The van der Waals surface area contributed by atoms with E-state index in [1.54, 1.807) is 4.90 Å². The molecule has 112 valence electrons. The molecule has 0 saturated carbocycles. The molecule has 0 aliphatic carbocycles. The van der Waals surface area contributed by atoms with E-state index in [9.17, 15) is 9.59 Å². The van der Waals surface area contributed by atoms with E-state index in [1.807, 2.05) is 4.90 Å². The number of fused-ring (bicyclic) bond motifs is 1. The van der Waals surface area contributed by atoms with Gasteiger partial charge < -0.3 is 9.80 Å². The second-order valence-corrected chi connectivity index (χ2v) is 5.75. The number of nitrogens with zero attached hydrogens (tertiary/aromatic N) is 3. The third-order valence-electron chi connectivity index (χ3n) is 4.38. The van der Waals surface area contributed by atoms with Crippen LogP contribution in [0, 0.1) is 0 Å². The van der Waals surface area contributed by atoms with Gasteiger partial charge in [0.05, 0.1) is 6.54 Å². The summed E-state index contributed by atoms with van der Waals surface area (Å²) in [5.74, 6) is 0.180. The predicted octanol–water partition coefficient (Wildman–Crippen LogP) is 0.345. The van der Waals surface area contributed by atoms with Gasteiger partial charge in [0.1, 0.15) is 0 Å². The highest BCUT2D eigenvalue weighted by molar-refractivity contribution is 5.78. The molecule has 1 saturated heterocycles. The summed E-state index contributed by atoms with van der Waals surface area (Å²) in [7, 11) is 0. The van der Waals surface area contributed by atoms with Gasteiger partial charge in [0, 0.05) is 39.3 Å². The monoisotopic (exact) mass is 287 g/mol. The standard InChI is InChI=1S/C16H21N3O2/c20-13-17-7-9-19(10-8-17)16(21)12-18-6-5-14-3-1-2-4-15(14)11-18/h1-4,13H,5-12H2. The minimum atomic E-state index is 0.180. The Hall–Kier alpha value is -1.88. The number of carbonyl (C=O) groups is 2. The van der Waals surface area contributed by atoms with Gasteiger partial charge in [-0.2, -0.15) is 0 Å². The summed E-state index contributed by atoms with van der Waals surface area (Å²) in [4.78, 5) is 28.9. The molecule has 2 heterocycles. The van der Waals surface area contributed by atoms with Gasteiger partial charge in [0.15, 0.2) is 0 Å². The predicted molar refractivity (Wildman–Crippen MR) is 79.6 cm³/mol. The molecule has 0 aromatic heterocycles. The van der Waals surface area contributed by atoms with Crippen molar-refractivity contribution in [2.24, 2.45) is 0 Å². The second-order valence-electron chi connectivity index (χ2n) is 5.75. The lowest BCUT2D eigenvalue weighted by atomic mass is 10.00. The molecule has 2 amide bonds. The van der Waals surface area contributed by atoms with Crippen molar-refractivity contribution in [2.75, 3.05) is 39.3 Å². The Kier molecular flexibility index (Phi) is 4.20. The highest BCUT2D eigenvalue weighted by Crippen LogP contribution is 2.18. The van der Waals surface area contributed by atoms with Gasteiger partial charge in [-0.25, -0.2) is 0 Å². The topological polar surface area (TPSA) is 43.9 Å². The molecule has 0 radical (unpaired) electrons. The number of carbonyl (C=O) groups excluding carboxylic acids is 2. The summed E-state index contributed by atoms with van der Waals surface area (Å²) >= 11 is 0. The number of hydrogen-bond acceptors (Lipinski definition) is 3. The molecule has 0 bridgehead atoms. The van der Waals surface area contributed by atoms with E-state index in [2.05, 4.69) is 29.2 Å². The van der Waals surface area contributed by atoms with E-state index in [4.69, 9.17) is 0 Å². The third-order valence-corrected chi connectivity index (χ3v) is 4.38. The summed E-state index contributed by atoms with van der Waals surface area (Å²) in [6.07, 6.45) is 1.88. The van der Waals surface area contributed by atoms with Crippen LogP contribution in [0.2, 0.25) is 0 Å². The van der Waals surface area contributed by atoms with Crippen LogP contribution in [0.15, 0.2) is 24.3 Å². The SMILES string of the molecule is O=CN1CCN(C(=O)CN2CCc3ccccc3C2)CC1. The number of amides is 2. The molecule has 1 fully saturated rings. The molecule has 1 aromatic rings. The fourth-order valence-corrected chi connectivity index (χ4v) is 3.06. The summed E-state index contributed by atoms with van der Waals surface area (Å²) in [5.41, 5.74) is 2.74.